The maximum atomic E-state index is 11.2. The summed E-state index contributed by atoms with van der Waals surface area (Å²) in [5.41, 5.74) is 0. The molecular formula is C11H19N3O4. The average molecular weight is 257 g/mol. The molecule has 3 amide bonds. The summed E-state index contributed by atoms with van der Waals surface area (Å²) in [5, 5.41) is 7.59. The van der Waals surface area contributed by atoms with Gasteiger partial charge in [0.1, 0.15) is 6.54 Å². The zero-order chi connectivity index (χ0) is 13.4. The Balaban J connectivity index is 1.95. The number of ether oxygens (including phenoxy) is 1. The predicted molar refractivity (Wildman–Crippen MR) is 63.8 cm³/mol. The van der Waals surface area contributed by atoms with Crippen molar-refractivity contribution in [3.8, 4) is 0 Å². The van der Waals surface area contributed by atoms with Crippen molar-refractivity contribution < 1.29 is 19.1 Å². The summed E-state index contributed by atoms with van der Waals surface area (Å²) >= 11 is 0. The van der Waals surface area contributed by atoms with E-state index in [9.17, 15) is 14.4 Å². The van der Waals surface area contributed by atoms with Crippen molar-refractivity contribution >= 4 is 17.9 Å². The molecule has 0 aromatic heterocycles. The number of carbonyl (C=O) groups excluding carboxylic acids is 3. The first-order chi connectivity index (χ1) is 8.63. The van der Waals surface area contributed by atoms with E-state index in [0.29, 0.717) is 13.1 Å². The van der Waals surface area contributed by atoms with E-state index in [4.69, 9.17) is 0 Å². The molecule has 1 fully saturated rings. The van der Waals surface area contributed by atoms with Crippen molar-refractivity contribution in [3.05, 3.63) is 0 Å². The van der Waals surface area contributed by atoms with Crippen molar-refractivity contribution in [2.24, 2.45) is 5.92 Å². The lowest BCUT2D eigenvalue weighted by Crippen LogP contribution is -2.42. The Labute approximate surface area is 106 Å². The summed E-state index contributed by atoms with van der Waals surface area (Å²) in [6.07, 6.45) is 1.92. The van der Waals surface area contributed by atoms with Gasteiger partial charge in [-0.05, 0) is 19.8 Å². The maximum absolute atomic E-state index is 11.2. The number of nitrogens with one attached hydrogen (secondary N) is 3. The van der Waals surface area contributed by atoms with E-state index in [1.165, 1.54) is 0 Å². The van der Waals surface area contributed by atoms with Gasteiger partial charge in [-0.3, -0.25) is 9.59 Å². The smallest absolute Gasteiger partial charge is 0.325 e. The molecule has 0 spiro atoms. The van der Waals surface area contributed by atoms with Crippen molar-refractivity contribution in [3.63, 3.8) is 0 Å². The largest absolute Gasteiger partial charge is 0.465 e. The van der Waals surface area contributed by atoms with Crippen molar-refractivity contribution in [2.45, 2.75) is 19.8 Å². The highest BCUT2D eigenvalue weighted by Gasteiger charge is 2.28. The second kappa shape index (κ2) is 7.52. The normalized spacial score (nSPS) is 13.6. The van der Waals surface area contributed by atoms with Crippen LogP contribution in [0.2, 0.25) is 0 Å². The first kappa shape index (κ1) is 14.3. The zero-order valence-corrected chi connectivity index (χ0v) is 10.5. The number of urea groups is 1. The van der Waals surface area contributed by atoms with Crippen LogP contribution in [0.4, 0.5) is 4.79 Å². The van der Waals surface area contributed by atoms with Gasteiger partial charge in [0.25, 0.3) is 0 Å². The number of hydrogen-bond donors (Lipinski definition) is 3. The summed E-state index contributed by atoms with van der Waals surface area (Å²) in [4.78, 5) is 33.4. The summed E-state index contributed by atoms with van der Waals surface area (Å²) in [7, 11) is 0. The van der Waals surface area contributed by atoms with Gasteiger partial charge in [-0.25, -0.2) is 4.79 Å². The molecule has 0 radical (unpaired) electrons. The predicted octanol–water partition coefficient (Wildman–Crippen LogP) is -0.625. The Morgan fingerprint density at radius 3 is 2.39 bits per heavy atom. The molecule has 0 saturated heterocycles. The topological polar surface area (TPSA) is 96.5 Å². The molecular weight excluding hydrogens is 238 g/mol. The minimum Gasteiger partial charge on any atom is -0.465 e. The van der Waals surface area contributed by atoms with Gasteiger partial charge in [-0.2, -0.15) is 0 Å². The van der Waals surface area contributed by atoms with Crippen LogP contribution in [0.3, 0.4) is 0 Å². The summed E-state index contributed by atoms with van der Waals surface area (Å²) in [6, 6.07) is -0.455. The van der Waals surface area contributed by atoms with Gasteiger partial charge in [0, 0.05) is 19.0 Å². The lowest BCUT2D eigenvalue weighted by Gasteiger charge is -2.08. The highest BCUT2D eigenvalue weighted by atomic mass is 16.5. The van der Waals surface area contributed by atoms with Crippen LogP contribution in [-0.4, -0.2) is 44.1 Å². The van der Waals surface area contributed by atoms with Gasteiger partial charge < -0.3 is 20.7 Å². The van der Waals surface area contributed by atoms with Gasteiger partial charge in [-0.15, -0.1) is 0 Å². The fourth-order valence-electron chi connectivity index (χ4n) is 1.28. The van der Waals surface area contributed by atoms with Gasteiger partial charge in [0.05, 0.1) is 6.61 Å². The maximum Gasteiger partial charge on any atom is 0.325 e. The Morgan fingerprint density at radius 1 is 1.11 bits per heavy atom. The first-order valence-corrected chi connectivity index (χ1v) is 6.08. The molecule has 3 N–H and O–H groups in total. The van der Waals surface area contributed by atoms with E-state index in [1.807, 2.05) is 0 Å². The highest BCUT2D eigenvalue weighted by molar-refractivity contribution is 5.81. The van der Waals surface area contributed by atoms with Crippen molar-refractivity contribution in [2.75, 3.05) is 26.2 Å². The van der Waals surface area contributed by atoms with E-state index in [2.05, 4.69) is 20.7 Å². The fraction of sp³-hybridized carbons (Fsp3) is 0.727. The number of esters is 1. The SMILES string of the molecule is CCOC(=O)CNC(=O)NCCNC(=O)C1CC1. The molecule has 1 aliphatic rings. The molecule has 0 heterocycles. The van der Waals surface area contributed by atoms with Crippen LogP contribution in [0.5, 0.6) is 0 Å². The third-order valence-corrected chi connectivity index (χ3v) is 2.36. The Morgan fingerprint density at radius 2 is 1.78 bits per heavy atom. The Kier molecular flexibility index (Phi) is 5.96. The van der Waals surface area contributed by atoms with E-state index in [1.54, 1.807) is 6.92 Å². The summed E-state index contributed by atoms with van der Waals surface area (Å²) in [5.74, 6) is -0.263. The molecule has 7 heteroatoms. The van der Waals surface area contributed by atoms with Crippen LogP contribution in [-0.2, 0) is 14.3 Å². The van der Waals surface area contributed by atoms with Crippen LogP contribution in [0, 0.1) is 5.92 Å². The van der Waals surface area contributed by atoms with Crippen LogP contribution >= 0.6 is 0 Å². The summed E-state index contributed by atoms with van der Waals surface area (Å²) < 4.78 is 4.64. The molecule has 0 unspecified atom stereocenters. The van der Waals surface area contributed by atoms with Gasteiger partial charge in [0.15, 0.2) is 0 Å². The number of rotatable bonds is 7. The Hall–Kier alpha value is -1.79. The number of amides is 3. The molecule has 0 aromatic carbocycles. The van der Waals surface area contributed by atoms with Gasteiger partial charge in [0.2, 0.25) is 5.91 Å². The van der Waals surface area contributed by atoms with E-state index < -0.39 is 12.0 Å². The third kappa shape index (κ3) is 6.07. The van der Waals surface area contributed by atoms with Crippen LogP contribution < -0.4 is 16.0 Å². The fourth-order valence-corrected chi connectivity index (χ4v) is 1.28. The lowest BCUT2D eigenvalue weighted by atomic mass is 10.4. The quantitative estimate of drug-likeness (QED) is 0.418. The molecule has 102 valence electrons. The number of carbonyl (C=O) groups is 3. The van der Waals surface area contributed by atoms with Crippen LogP contribution in [0.1, 0.15) is 19.8 Å². The van der Waals surface area contributed by atoms with Crippen molar-refractivity contribution in [1.82, 2.24) is 16.0 Å². The van der Waals surface area contributed by atoms with Crippen LogP contribution in [0.25, 0.3) is 0 Å². The standard InChI is InChI=1S/C11H19N3O4/c1-2-18-9(15)7-14-11(17)13-6-5-12-10(16)8-3-4-8/h8H,2-7H2,1H3,(H,12,16)(H2,13,14,17). The zero-order valence-electron chi connectivity index (χ0n) is 10.5. The molecule has 18 heavy (non-hydrogen) atoms. The van der Waals surface area contributed by atoms with E-state index >= 15 is 0 Å². The lowest BCUT2D eigenvalue weighted by molar-refractivity contribution is -0.141. The number of hydrogen-bond acceptors (Lipinski definition) is 4. The molecule has 0 aromatic rings. The van der Waals surface area contributed by atoms with E-state index in [0.717, 1.165) is 12.8 Å². The average Bonchev–Trinajstić information content (AvgIpc) is 3.16. The van der Waals surface area contributed by atoms with Gasteiger partial charge >= 0.3 is 12.0 Å². The molecule has 7 nitrogen and oxygen atoms in total. The van der Waals surface area contributed by atoms with Gasteiger partial charge in [-0.1, -0.05) is 0 Å². The molecule has 0 atom stereocenters. The van der Waals surface area contributed by atoms with Crippen molar-refractivity contribution in [1.29, 1.82) is 0 Å². The minimum atomic E-state index is -0.477. The summed E-state index contributed by atoms with van der Waals surface area (Å²) in [6.45, 7) is 2.54. The van der Waals surface area contributed by atoms with E-state index in [-0.39, 0.29) is 25.0 Å². The second-order valence-electron chi connectivity index (χ2n) is 3.98. The minimum absolute atomic E-state index is 0.0451. The molecule has 1 aliphatic carbocycles. The first-order valence-electron chi connectivity index (χ1n) is 6.08. The van der Waals surface area contributed by atoms with Crippen LogP contribution in [0.15, 0.2) is 0 Å². The Bertz CT molecular complexity index is 315. The molecule has 0 bridgehead atoms. The second-order valence-corrected chi connectivity index (χ2v) is 3.98. The molecule has 1 saturated carbocycles. The highest BCUT2D eigenvalue weighted by Crippen LogP contribution is 2.28. The molecule has 0 aliphatic heterocycles. The monoisotopic (exact) mass is 257 g/mol. The third-order valence-electron chi connectivity index (χ3n) is 2.36. The molecule has 1 rings (SSSR count).